The van der Waals surface area contributed by atoms with Crippen molar-refractivity contribution in [1.82, 2.24) is 0 Å². The molecule has 4 aliphatic carbocycles. The van der Waals surface area contributed by atoms with Gasteiger partial charge in [-0.05, 0) is 95.3 Å². The van der Waals surface area contributed by atoms with Crippen LogP contribution in [0.1, 0.15) is 98.8 Å². The Balaban J connectivity index is 0.866. The molecule has 0 aromatic carbocycles. The summed E-state index contributed by atoms with van der Waals surface area (Å²) in [6.45, 7) is 8.67. The van der Waals surface area contributed by atoms with E-state index < -0.39 is 136 Å². The highest BCUT2D eigenvalue weighted by Gasteiger charge is 2.67. The summed E-state index contributed by atoms with van der Waals surface area (Å²) in [7, 11) is 4.35. The number of ether oxygens (including phenoxy) is 11. The fourth-order valence-corrected chi connectivity index (χ4v) is 14.0. The Hall–Kier alpha value is -1.02. The minimum absolute atomic E-state index is 0.0421. The van der Waals surface area contributed by atoms with Crippen LogP contribution in [0.3, 0.4) is 0 Å². The van der Waals surface area contributed by atoms with Gasteiger partial charge in [-0.1, -0.05) is 25.5 Å². The molecule has 19 nitrogen and oxygen atoms in total. The first-order valence-electron chi connectivity index (χ1n) is 24.7. The van der Waals surface area contributed by atoms with Gasteiger partial charge in [0.2, 0.25) is 0 Å². The Morgan fingerprint density at radius 1 is 0.642 bits per heavy atom. The van der Waals surface area contributed by atoms with Crippen molar-refractivity contribution in [1.29, 1.82) is 0 Å². The van der Waals surface area contributed by atoms with E-state index in [0.717, 1.165) is 51.4 Å². The highest BCUT2D eigenvalue weighted by Crippen LogP contribution is 2.69. The van der Waals surface area contributed by atoms with Crippen LogP contribution >= 0.6 is 0 Å². The van der Waals surface area contributed by atoms with Crippen LogP contribution in [0, 0.1) is 28.6 Å². The summed E-state index contributed by atoms with van der Waals surface area (Å²) < 4.78 is 66.3. The van der Waals surface area contributed by atoms with Crippen molar-refractivity contribution in [2.75, 3.05) is 34.5 Å². The van der Waals surface area contributed by atoms with Gasteiger partial charge in [0.15, 0.2) is 25.2 Å². The molecule has 0 unspecified atom stereocenters. The summed E-state index contributed by atoms with van der Waals surface area (Å²) >= 11 is 0. The van der Waals surface area contributed by atoms with Crippen molar-refractivity contribution in [2.45, 2.75) is 227 Å². The molecule has 386 valence electrons. The minimum Gasteiger partial charge on any atom is -0.394 e. The third-order valence-electron chi connectivity index (χ3n) is 17.9. The van der Waals surface area contributed by atoms with Crippen LogP contribution in [-0.4, -0.2) is 204 Å². The van der Waals surface area contributed by atoms with Gasteiger partial charge in [-0.25, -0.2) is 0 Å². The van der Waals surface area contributed by atoms with E-state index in [1.807, 2.05) is 6.92 Å². The number of hydrogen-bond acceptors (Lipinski definition) is 19. The quantitative estimate of drug-likeness (QED) is 0.112. The molecule has 0 amide bonds. The maximum atomic E-state index is 12.4. The summed E-state index contributed by atoms with van der Waals surface area (Å²) in [5, 5.41) is 88.7. The van der Waals surface area contributed by atoms with Crippen LogP contribution < -0.4 is 0 Å². The van der Waals surface area contributed by atoms with Crippen LogP contribution in [0.2, 0.25) is 0 Å². The molecule has 8 N–H and O–H groups in total. The van der Waals surface area contributed by atoms with Crippen molar-refractivity contribution in [3.63, 3.8) is 0 Å². The minimum atomic E-state index is -1.71. The van der Waals surface area contributed by atoms with Crippen LogP contribution in [0.4, 0.5) is 0 Å². The lowest BCUT2D eigenvalue weighted by atomic mass is 9.45. The second-order valence-corrected chi connectivity index (χ2v) is 21.3. The molecule has 7 fully saturated rings. The maximum Gasteiger partial charge on any atom is 0.187 e. The van der Waals surface area contributed by atoms with E-state index in [0.29, 0.717) is 12.3 Å². The number of aliphatic hydroxyl groups is 8. The molecule has 8 aliphatic rings. The van der Waals surface area contributed by atoms with E-state index >= 15 is 0 Å². The van der Waals surface area contributed by atoms with Crippen molar-refractivity contribution < 1.29 is 93.0 Å². The normalized spacial score (nSPS) is 53.0. The molecular formula is C48H80O19. The van der Waals surface area contributed by atoms with E-state index in [-0.39, 0.29) is 35.2 Å². The van der Waals surface area contributed by atoms with Crippen molar-refractivity contribution in [3.05, 3.63) is 11.6 Å². The molecule has 0 aromatic rings. The Morgan fingerprint density at radius 2 is 1.27 bits per heavy atom. The van der Waals surface area contributed by atoms with Gasteiger partial charge in [-0.3, -0.25) is 0 Å². The molecule has 4 aliphatic heterocycles. The van der Waals surface area contributed by atoms with E-state index in [1.165, 1.54) is 19.8 Å². The average Bonchev–Trinajstić information content (AvgIpc) is 3.59. The first-order chi connectivity index (χ1) is 31.9. The Bertz CT molecular complexity index is 1670. The lowest BCUT2D eigenvalue weighted by Crippen LogP contribution is -2.66. The number of fused-ring (bicyclic) bond motifs is 5. The molecule has 4 saturated heterocycles. The van der Waals surface area contributed by atoms with Crippen LogP contribution in [-0.2, 0) is 52.1 Å². The maximum absolute atomic E-state index is 12.4. The smallest absolute Gasteiger partial charge is 0.187 e. The van der Waals surface area contributed by atoms with Gasteiger partial charge in [0.05, 0.1) is 55.4 Å². The second-order valence-electron chi connectivity index (χ2n) is 21.3. The highest BCUT2D eigenvalue weighted by atomic mass is 16.8. The monoisotopic (exact) mass is 961 g/mol. The van der Waals surface area contributed by atoms with Crippen molar-refractivity contribution in [2.24, 2.45) is 28.6 Å². The molecule has 0 bridgehead atoms. The van der Waals surface area contributed by atoms with Gasteiger partial charge in [-0.15, -0.1) is 0 Å². The first kappa shape index (κ1) is 52.3. The lowest BCUT2D eigenvalue weighted by molar-refractivity contribution is -0.381. The molecule has 8 rings (SSSR count). The Labute approximate surface area is 394 Å². The van der Waals surface area contributed by atoms with Gasteiger partial charge in [0.25, 0.3) is 0 Å². The number of methoxy groups -OCH3 is 3. The van der Waals surface area contributed by atoms with Gasteiger partial charge >= 0.3 is 0 Å². The zero-order chi connectivity index (χ0) is 48.3. The topological polar surface area (TPSA) is 263 Å². The molecular weight excluding hydrogens is 881 g/mol. The summed E-state index contributed by atoms with van der Waals surface area (Å²) in [4.78, 5) is 0. The lowest BCUT2D eigenvalue weighted by Gasteiger charge is -2.62. The molecule has 0 aromatic heterocycles. The highest BCUT2D eigenvalue weighted by molar-refractivity contribution is 5.28. The Morgan fingerprint density at radius 3 is 1.93 bits per heavy atom. The molecule has 0 spiro atoms. The fourth-order valence-electron chi connectivity index (χ4n) is 14.0. The van der Waals surface area contributed by atoms with E-state index in [9.17, 15) is 40.9 Å². The van der Waals surface area contributed by atoms with Crippen LogP contribution in [0.15, 0.2) is 11.6 Å². The summed E-state index contributed by atoms with van der Waals surface area (Å²) in [6, 6.07) is 0. The second kappa shape index (κ2) is 20.8. The van der Waals surface area contributed by atoms with Gasteiger partial charge < -0.3 is 93.0 Å². The third-order valence-corrected chi connectivity index (χ3v) is 17.9. The fraction of sp³-hybridized carbons (Fsp3) is 0.958. The van der Waals surface area contributed by atoms with Crippen LogP contribution in [0.25, 0.3) is 0 Å². The molecule has 4 heterocycles. The summed E-state index contributed by atoms with van der Waals surface area (Å²) in [6.07, 6.45) is -10.4. The number of aliphatic hydroxyl groups excluding tert-OH is 7. The average molecular weight is 961 g/mol. The van der Waals surface area contributed by atoms with Crippen molar-refractivity contribution >= 4 is 0 Å². The van der Waals surface area contributed by atoms with Crippen LogP contribution in [0.5, 0.6) is 0 Å². The third kappa shape index (κ3) is 9.47. The largest absolute Gasteiger partial charge is 0.394 e. The van der Waals surface area contributed by atoms with E-state index in [4.69, 9.17) is 52.1 Å². The number of hydrogen-bond donors (Lipinski definition) is 8. The molecule has 0 radical (unpaired) electrons. The Kier molecular flexibility index (Phi) is 16.3. The standard InChI is InChI=1S/C48H80O19/c1-22(51)27-13-16-48(56)29-10-9-25-17-26(11-14-46(25,4)28(29)12-15-47(27,48)5)62-34-19-31(58-7)40(24(3)61-34)66-44-38(54)37(53)41(32(20-49)63-44)67-45-39(55)43(59-8)42(33(21-50)64-45)65-35-18-30(57-6)36(52)23(2)60-35/h17,22-24,26-45,49-56H,9-16,18-21H2,1-8H3/t22-,23+,24+,26-,27-,28-,29+,30-,31-,32+,33+,34-,35-,36+,37+,38+,39+,40+,41+,42+,43+,44-,45+,46-,47+,48-/m0/s1. The van der Waals surface area contributed by atoms with E-state index in [1.54, 1.807) is 21.0 Å². The van der Waals surface area contributed by atoms with Gasteiger partial charge in [0, 0.05) is 39.6 Å². The van der Waals surface area contributed by atoms with Gasteiger partial charge in [-0.2, -0.15) is 0 Å². The molecule has 67 heavy (non-hydrogen) atoms. The summed E-state index contributed by atoms with van der Waals surface area (Å²) in [5.41, 5.74) is 0.290. The zero-order valence-electron chi connectivity index (χ0n) is 40.4. The molecule has 3 saturated carbocycles. The number of allylic oxidation sites excluding steroid dienone is 1. The first-order valence-corrected chi connectivity index (χ1v) is 24.7. The predicted octanol–water partition coefficient (Wildman–Crippen LogP) is 0.795. The van der Waals surface area contributed by atoms with Gasteiger partial charge in [0.1, 0.15) is 61.0 Å². The van der Waals surface area contributed by atoms with Crippen molar-refractivity contribution in [3.8, 4) is 0 Å². The van der Waals surface area contributed by atoms with E-state index in [2.05, 4.69) is 19.9 Å². The molecule has 26 atom stereocenters. The summed E-state index contributed by atoms with van der Waals surface area (Å²) in [5.74, 6) is 0.668. The SMILES string of the molecule is CO[C@@H]1[C@@H](O)[C@@H](O[C@H]2[C@H](O)[C@@H](O)[C@H](O[C@H]3[C@@H](OC)C[C@H](O[C@@H]4C=C5CC[C@@H]6[C@H](CC[C@]7(C)[C@H]([C@H](C)O)CC[C@]67O)[C@@]5(C)CC4)O[C@@H]3C)O[C@@H]2CO)O[C@H](CO)[C@H]1O[C@H]1C[C@H](OC)[C@H](O)[C@@H](C)O1. The predicted molar refractivity (Wildman–Crippen MR) is 234 cm³/mol. The molecule has 19 heteroatoms. The number of rotatable bonds is 14. The zero-order valence-corrected chi connectivity index (χ0v) is 40.4.